The van der Waals surface area contributed by atoms with Gasteiger partial charge in [0, 0.05) is 19.0 Å². The summed E-state index contributed by atoms with van der Waals surface area (Å²) in [6.45, 7) is 3.51. The summed E-state index contributed by atoms with van der Waals surface area (Å²) >= 11 is 1.25. The molecule has 176 valence electrons. The van der Waals surface area contributed by atoms with Crippen molar-refractivity contribution in [1.29, 1.82) is 0 Å². The van der Waals surface area contributed by atoms with Gasteiger partial charge in [-0.1, -0.05) is 30.3 Å². The van der Waals surface area contributed by atoms with Crippen LogP contribution in [0.25, 0.3) is 21.6 Å². The van der Waals surface area contributed by atoms with Crippen LogP contribution in [0, 0.1) is 0 Å². The number of anilines is 1. The average Bonchev–Trinajstić information content (AvgIpc) is 3.46. The number of thiophene rings is 1. The molecule has 0 aliphatic rings. The second kappa shape index (κ2) is 9.10. The summed E-state index contributed by atoms with van der Waals surface area (Å²) in [7, 11) is 2.88. The number of fused-ring (bicyclic) bond motifs is 1. The van der Waals surface area contributed by atoms with Crippen molar-refractivity contribution in [3.63, 3.8) is 0 Å². The fourth-order valence-electron chi connectivity index (χ4n) is 3.59. The second-order valence-corrected chi connectivity index (χ2v) is 8.69. The zero-order chi connectivity index (χ0) is 24.6. The Balaban J connectivity index is 1.72. The number of esters is 1. The first-order valence-electron chi connectivity index (χ1n) is 10.5. The first-order valence-corrected chi connectivity index (χ1v) is 11.4. The summed E-state index contributed by atoms with van der Waals surface area (Å²) in [5.74, 6) is -0.997. The number of carbonyl (C=O) groups is 2. The number of aromatic nitrogens is 4. The van der Waals surface area contributed by atoms with E-state index >= 15 is 0 Å². The molecule has 3 aromatic heterocycles. The first kappa shape index (κ1) is 23.2. The zero-order valence-corrected chi connectivity index (χ0v) is 19.9. The van der Waals surface area contributed by atoms with Gasteiger partial charge in [0.25, 0.3) is 5.56 Å². The molecule has 11 heteroatoms. The fourth-order valence-corrected chi connectivity index (χ4v) is 4.64. The minimum absolute atomic E-state index is 0.133. The Kier molecular flexibility index (Phi) is 6.20. The molecule has 3 heterocycles. The third kappa shape index (κ3) is 3.94. The lowest BCUT2D eigenvalue weighted by molar-refractivity contribution is -0.118. The van der Waals surface area contributed by atoms with Crippen LogP contribution < -0.4 is 16.6 Å². The van der Waals surface area contributed by atoms with Crippen LogP contribution >= 0.6 is 11.3 Å². The van der Waals surface area contributed by atoms with E-state index in [9.17, 15) is 19.2 Å². The number of ether oxygens (including phenoxy) is 1. The Hall–Kier alpha value is -3.99. The molecule has 1 amide bonds. The number of hydrogen-bond acceptors (Lipinski definition) is 7. The van der Waals surface area contributed by atoms with E-state index < -0.39 is 29.2 Å². The van der Waals surface area contributed by atoms with Gasteiger partial charge in [0.05, 0.1) is 18.5 Å². The third-order valence-corrected chi connectivity index (χ3v) is 6.59. The number of carbonyl (C=O) groups excluding carboxylic acids is 2. The maximum Gasteiger partial charge on any atom is 0.341 e. The second-order valence-electron chi connectivity index (χ2n) is 7.63. The predicted octanol–water partition coefficient (Wildman–Crippen LogP) is 2.54. The van der Waals surface area contributed by atoms with Crippen molar-refractivity contribution in [2.75, 3.05) is 11.9 Å². The lowest BCUT2D eigenvalue weighted by atomic mass is 10.1. The van der Waals surface area contributed by atoms with Gasteiger partial charge >= 0.3 is 11.7 Å². The number of amides is 1. The van der Waals surface area contributed by atoms with Crippen LogP contribution in [-0.4, -0.2) is 37.2 Å². The number of hydrogen-bond donors (Lipinski definition) is 1. The molecule has 1 aromatic carbocycles. The van der Waals surface area contributed by atoms with E-state index in [1.807, 2.05) is 30.3 Å². The van der Waals surface area contributed by atoms with Crippen LogP contribution in [-0.2, 0) is 23.6 Å². The van der Waals surface area contributed by atoms with Crippen LogP contribution in [0.5, 0.6) is 0 Å². The Morgan fingerprint density at radius 2 is 1.85 bits per heavy atom. The van der Waals surface area contributed by atoms with Gasteiger partial charge < -0.3 is 14.6 Å². The molecule has 0 spiro atoms. The highest BCUT2D eigenvalue weighted by molar-refractivity contribution is 7.20. The van der Waals surface area contributed by atoms with Gasteiger partial charge in [-0.15, -0.1) is 11.3 Å². The van der Waals surface area contributed by atoms with Gasteiger partial charge in [-0.3, -0.25) is 18.7 Å². The highest BCUT2D eigenvalue weighted by Gasteiger charge is 2.25. The fraction of sp³-hybridized carbons (Fsp3) is 0.261. The zero-order valence-electron chi connectivity index (χ0n) is 19.1. The number of nitrogens with zero attached hydrogens (tertiary/aromatic N) is 4. The largest absolute Gasteiger partial charge is 0.462 e. The minimum atomic E-state index is -0.854. The molecule has 0 saturated heterocycles. The molecule has 10 nitrogen and oxygen atoms in total. The summed E-state index contributed by atoms with van der Waals surface area (Å²) in [5, 5.41) is 3.15. The van der Waals surface area contributed by atoms with Crippen molar-refractivity contribution in [2.45, 2.75) is 19.9 Å². The van der Waals surface area contributed by atoms with E-state index in [2.05, 4.69) is 10.3 Å². The summed E-state index contributed by atoms with van der Waals surface area (Å²) in [5.41, 5.74) is 0.407. The van der Waals surface area contributed by atoms with Crippen LogP contribution in [0.15, 0.2) is 52.3 Å². The molecule has 0 saturated carbocycles. The van der Waals surface area contributed by atoms with Crippen molar-refractivity contribution >= 4 is 39.4 Å². The standard InChI is InChI=1S/C23H23N5O5S/c1-5-33-22(31)15-11-16(14-9-7-6-8-10-14)34-20(15)25-19(29)13(2)28-12-24-18-17(28)21(30)27(4)23(32)26(18)3/h6-13H,5H2,1-4H3,(H,25,29). The molecular weight excluding hydrogens is 458 g/mol. The number of benzene rings is 1. The molecule has 1 unspecified atom stereocenters. The summed E-state index contributed by atoms with van der Waals surface area (Å²) in [4.78, 5) is 55.6. The van der Waals surface area contributed by atoms with Crippen LogP contribution in [0.3, 0.4) is 0 Å². The number of aryl methyl sites for hydroxylation is 1. The Labute approximate surface area is 198 Å². The summed E-state index contributed by atoms with van der Waals surface area (Å²) < 4.78 is 8.81. The topological polar surface area (TPSA) is 117 Å². The quantitative estimate of drug-likeness (QED) is 0.423. The predicted molar refractivity (Wildman–Crippen MR) is 129 cm³/mol. The van der Waals surface area contributed by atoms with E-state index in [1.165, 1.54) is 40.9 Å². The lowest BCUT2D eigenvalue weighted by Gasteiger charge is -2.15. The molecule has 0 radical (unpaired) electrons. The summed E-state index contributed by atoms with van der Waals surface area (Å²) in [6.07, 6.45) is 1.35. The van der Waals surface area contributed by atoms with Crippen LogP contribution in [0.1, 0.15) is 30.2 Å². The van der Waals surface area contributed by atoms with Crippen LogP contribution in [0.2, 0.25) is 0 Å². The van der Waals surface area contributed by atoms with Gasteiger partial charge in [-0.2, -0.15) is 0 Å². The lowest BCUT2D eigenvalue weighted by Crippen LogP contribution is -2.38. The average molecular weight is 482 g/mol. The van der Waals surface area contributed by atoms with Crippen molar-refractivity contribution in [3.05, 3.63) is 69.1 Å². The van der Waals surface area contributed by atoms with Crippen molar-refractivity contribution in [1.82, 2.24) is 18.7 Å². The van der Waals surface area contributed by atoms with Crippen molar-refractivity contribution in [3.8, 4) is 10.4 Å². The van der Waals surface area contributed by atoms with Crippen LogP contribution in [0.4, 0.5) is 5.00 Å². The molecule has 0 bridgehead atoms. The third-order valence-electron chi connectivity index (χ3n) is 5.49. The van der Waals surface area contributed by atoms with Crippen molar-refractivity contribution in [2.24, 2.45) is 14.1 Å². The smallest absolute Gasteiger partial charge is 0.341 e. The van der Waals surface area contributed by atoms with Gasteiger partial charge in [0.15, 0.2) is 11.2 Å². The Morgan fingerprint density at radius 3 is 2.53 bits per heavy atom. The molecule has 0 fully saturated rings. The van der Waals surface area contributed by atoms with Crippen molar-refractivity contribution < 1.29 is 14.3 Å². The highest BCUT2D eigenvalue weighted by atomic mass is 32.1. The Morgan fingerprint density at radius 1 is 1.15 bits per heavy atom. The van der Waals surface area contributed by atoms with E-state index in [4.69, 9.17) is 4.74 Å². The Bertz CT molecular complexity index is 1510. The maximum atomic E-state index is 13.2. The van der Waals surface area contributed by atoms with E-state index in [1.54, 1.807) is 19.9 Å². The molecule has 34 heavy (non-hydrogen) atoms. The number of nitrogens with one attached hydrogen (secondary N) is 1. The van der Waals surface area contributed by atoms with Gasteiger partial charge in [0.1, 0.15) is 11.0 Å². The van der Waals surface area contributed by atoms with Gasteiger partial charge in [-0.25, -0.2) is 14.6 Å². The summed E-state index contributed by atoms with van der Waals surface area (Å²) in [6, 6.07) is 10.3. The molecule has 4 rings (SSSR count). The molecule has 4 aromatic rings. The van der Waals surface area contributed by atoms with Gasteiger partial charge in [0.2, 0.25) is 5.91 Å². The first-order chi connectivity index (χ1) is 16.2. The normalized spacial score (nSPS) is 12.0. The van der Waals surface area contributed by atoms with Gasteiger partial charge in [-0.05, 0) is 25.5 Å². The molecule has 0 aliphatic heterocycles. The SMILES string of the molecule is CCOC(=O)c1cc(-c2ccccc2)sc1NC(=O)C(C)n1cnc2c1c(=O)n(C)c(=O)n2C. The van der Waals surface area contributed by atoms with E-state index in [0.717, 1.165) is 15.0 Å². The highest BCUT2D eigenvalue weighted by Crippen LogP contribution is 2.36. The van der Waals surface area contributed by atoms with E-state index in [0.29, 0.717) is 5.00 Å². The monoisotopic (exact) mass is 481 g/mol. The molecular formula is C23H23N5O5S. The minimum Gasteiger partial charge on any atom is -0.462 e. The molecule has 1 atom stereocenters. The van der Waals surface area contributed by atoms with E-state index in [-0.39, 0.29) is 23.3 Å². The number of imidazole rings is 1. The number of rotatable bonds is 6. The maximum absolute atomic E-state index is 13.2. The molecule has 1 N–H and O–H groups in total. The molecule has 0 aliphatic carbocycles.